The Morgan fingerprint density at radius 2 is 2.05 bits per heavy atom. The van der Waals surface area contributed by atoms with Crippen molar-refractivity contribution < 1.29 is 14.3 Å². The maximum absolute atomic E-state index is 12.0. The molecule has 2 heterocycles. The van der Waals surface area contributed by atoms with Crippen molar-refractivity contribution in [3.63, 3.8) is 0 Å². The average molecular weight is 284 g/mol. The minimum absolute atomic E-state index is 0.311. The third-order valence-corrected chi connectivity index (χ3v) is 3.61. The quantitative estimate of drug-likeness (QED) is 0.694. The molecule has 0 unspecified atom stereocenters. The number of esters is 1. The van der Waals surface area contributed by atoms with Crippen LogP contribution in [0, 0.1) is 6.92 Å². The molecule has 0 radical (unpaired) electrons. The predicted molar refractivity (Wildman–Crippen MR) is 80.3 cm³/mol. The Morgan fingerprint density at radius 1 is 1.29 bits per heavy atom. The molecule has 1 aromatic carbocycles. The summed E-state index contributed by atoms with van der Waals surface area (Å²) in [6.45, 7) is 2.33. The summed E-state index contributed by atoms with van der Waals surface area (Å²) in [6, 6.07) is 8.00. The van der Waals surface area contributed by atoms with Gasteiger partial charge in [-0.05, 0) is 18.6 Å². The molecule has 0 aliphatic carbocycles. The number of ether oxygens (including phenoxy) is 2. The number of para-hydroxylation sites is 1. The van der Waals surface area contributed by atoms with Gasteiger partial charge in [0, 0.05) is 24.1 Å². The minimum Gasteiger partial charge on any atom is -0.464 e. The number of rotatable bonds is 3. The molecular weight excluding hydrogens is 268 g/mol. The second-order valence-electron chi connectivity index (χ2n) is 4.87. The highest BCUT2D eigenvalue weighted by molar-refractivity contribution is 6.14. The van der Waals surface area contributed by atoms with Crippen molar-refractivity contribution in [2.24, 2.45) is 0 Å². The van der Waals surface area contributed by atoms with Crippen LogP contribution in [0.2, 0.25) is 0 Å². The molecule has 21 heavy (non-hydrogen) atoms. The van der Waals surface area contributed by atoms with E-state index in [2.05, 4.69) is 4.98 Å². The van der Waals surface area contributed by atoms with Gasteiger partial charge in [0.05, 0.1) is 18.1 Å². The molecule has 0 saturated carbocycles. The normalized spacial score (nSPS) is 11.2. The molecule has 0 aliphatic rings. The number of carbonyl (C=O) groups excluding carboxylic acids is 1. The van der Waals surface area contributed by atoms with E-state index < -0.39 is 5.97 Å². The van der Waals surface area contributed by atoms with Crippen molar-refractivity contribution in [2.75, 3.05) is 14.2 Å². The Balaban J connectivity index is 2.53. The first-order chi connectivity index (χ1) is 10.2. The Labute approximate surface area is 122 Å². The molecule has 5 nitrogen and oxygen atoms in total. The second-order valence-corrected chi connectivity index (χ2v) is 4.87. The van der Waals surface area contributed by atoms with Crippen molar-refractivity contribution in [1.82, 2.24) is 9.55 Å². The zero-order valence-electron chi connectivity index (χ0n) is 12.2. The van der Waals surface area contributed by atoms with Gasteiger partial charge in [0.2, 0.25) is 0 Å². The number of methoxy groups -OCH3 is 2. The number of aromatic nitrogens is 2. The first-order valence-corrected chi connectivity index (χ1v) is 6.62. The van der Waals surface area contributed by atoms with E-state index in [0.29, 0.717) is 12.4 Å². The third kappa shape index (κ3) is 1.97. The summed E-state index contributed by atoms with van der Waals surface area (Å²) >= 11 is 0. The van der Waals surface area contributed by atoms with Crippen molar-refractivity contribution in [2.45, 2.75) is 13.7 Å². The van der Waals surface area contributed by atoms with Crippen LogP contribution < -0.4 is 0 Å². The summed E-state index contributed by atoms with van der Waals surface area (Å²) in [6.07, 6.45) is 1.71. The Kier molecular flexibility index (Phi) is 3.35. The van der Waals surface area contributed by atoms with E-state index in [9.17, 15) is 4.79 Å². The highest BCUT2D eigenvalue weighted by Crippen LogP contribution is 2.32. The number of carbonyl (C=O) groups is 1. The van der Waals surface area contributed by atoms with Gasteiger partial charge in [-0.3, -0.25) is 0 Å². The number of hydrogen-bond donors (Lipinski definition) is 0. The van der Waals surface area contributed by atoms with E-state index in [1.807, 2.05) is 35.8 Å². The summed E-state index contributed by atoms with van der Waals surface area (Å²) in [5, 5.41) is 2.09. The van der Waals surface area contributed by atoms with Gasteiger partial charge in [-0.15, -0.1) is 0 Å². The van der Waals surface area contributed by atoms with Crippen molar-refractivity contribution in [1.29, 1.82) is 0 Å². The molecule has 0 N–H and O–H groups in total. The molecule has 0 spiro atoms. The number of pyridine rings is 1. The first-order valence-electron chi connectivity index (χ1n) is 6.62. The molecule has 108 valence electrons. The van der Waals surface area contributed by atoms with Gasteiger partial charge in [0.25, 0.3) is 0 Å². The molecule has 0 bridgehead atoms. The van der Waals surface area contributed by atoms with Gasteiger partial charge < -0.3 is 14.0 Å². The fourth-order valence-corrected chi connectivity index (χ4v) is 2.75. The number of aryl methyl sites for hydroxylation is 1. The topological polar surface area (TPSA) is 53.4 Å². The van der Waals surface area contributed by atoms with E-state index >= 15 is 0 Å². The fourth-order valence-electron chi connectivity index (χ4n) is 2.75. The van der Waals surface area contributed by atoms with Crippen LogP contribution in [0.25, 0.3) is 21.8 Å². The van der Waals surface area contributed by atoms with Gasteiger partial charge in [0.15, 0.2) is 5.69 Å². The van der Waals surface area contributed by atoms with Crippen molar-refractivity contribution >= 4 is 27.8 Å². The second kappa shape index (κ2) is 5.18. The Bertz CT molecular complexity index is 836. The van der Waals surface area contributed by atoms with E-state index in [4.69, 9.17) is 9.47 Å². The van der Waals surface area contributed by atoms with Crippen LogP contribution in [0.1, 0.15) is 16.1 Å². The lowest BCUT2D eigenvalue weighted by Crippen LogP contribution is -2.09. The van der Waals surface area contributed by atoms with E-state index in [1.165, 1.54) is 7.11 Å². The van der Waals surface area contributed by atoms with Crippen molar-refractivity contribution in [3.8, 4) is 0 Å². The average Bonchev–Trinajstić information content (AvgIpc) is 2.83. The fraction of sp³-hybridized carbons (Fsp3) is 0.250. The van der Waals surface area contributed by atoms with Gasteiger partial charge in [-0.1, -0.05) is 18.2 Å². The lowest BCUT2D eigenvalue weighted by atomic mass is 10.1. The predicted octanol–water partition coefficient (Wildman–Crippen LogP) is 2.89. The number of hydrogen-bond acceptors (Lipinski definition) is 4. The van der Waals surface area contributed by atoms with Crippen molar-refractivity contribution in [3.05, 3.63) is 41.7 Å². The van der Waals surface area contributed by atoms with Crippen LogP contribution >= 0.6 is 0 Å². The molecule has 3 rings (SSSR count). The van der Waals surface area contributed by atoms with Crippen LogP contribution in [0.3, 0.4) is 0 Å². The highest BCUT2D eigenvalue weighted by atomic mass is 16.5. The van der Waals surface area contributed by atoms with Crippen LogP contribution in [0.15, 0.2) is 30.5 Å². The lowest BCUT2D eigenvalue weighted by molar-refractivity contribution is 0.0595. The van der Waals surface area contributed by atoms with Crippen LogP contribution in [-0.4, -0.2) is 29.7 Å². The first kappa shape index (κ1) is 13.6. The largest absolute Gasteiger partial charge is 0.464 e. The summed E-state index contributed by atoms with van der Waals surface area (Å²) in [5.74, 6) is -0.444. The molecule has 5 heteroatoms. The lowest BCUT2D eigenvalue weighted by Gasteiger charge is -2.08. The molecule has 0 atom stereocenters. The van der Waals surface area contributed by atoms with Crippen LogP contribution in [-0.2, 0) is 16.2 Å². The summed E-state index contributed by atoms with van der Waals surface area (Å²) in [7, 11) is 2.99. The summed E-state index contributed by atoms with van der Waals surface area (Å²) < 4.78 is 12.1. The molecule has 3 aromatic rings. The smallest absolute Gasteiger partial charge is 0.358 e. The number of benzene rings is 1. The molecule has 0 fully saturated rings. The molecule has 0 aliphatic heterocycles. The SMILES string of the molecule is COCn1c2ccccc2c2c(C)cnc(C(=O)OC)c21. The Morgan fingerprint density at radius 3 is 2.76 bits per heavy atom. The van der Waals surface area contributed by atoms with Gasteiger partial charge in [-0.25, -0.2) is 9.78 Å². The van der Waals surface area contributed by atoms with Gasteiger partial charge >= 0.3 is 5.97 Å². The van der Waals surface area contributed by atoms with Crippen LogP contribution in [0.5, 0.6) is 0 Å². The van der Waals surface area contributed by atoms with Gasteiger partial charge in [0.1, 0.15) is 6.73 Å². The monoisotopic (exact) mass is 284 g/mol. The zero-order valence-corrected chi connectivity index (χ0v) is 12.2. The zero-order chi connectivity index (χ0) is 15.0. The molecule has 0 saturated heterocycles. The minimum atomic E-state index is -0.444. The molecule has 0 amide bonds. The Hall–Kier alpha value is -2.40. The van der Waals surface area contributed by atoms with E-state index in [-0.39, 0.29) is 0 Å². The summed E-state index contributed by atoms with van der Waals surface area (Å²) in [5.41, 5.74) is 3.09. The summed E-state index contributed by atoms with van der Waals surface area (Å²) in [4.78, 5) is 16.3. The van der Waals surface area contributed by atoms with E-state index in [0.717, 1.165) is 27.4 Å². The van der Waals surface area contributed by atoms with Gasteiger partial charge in [-0.2, -0.15) is 0 Å². The highest BCUT2D eigenvalue weighted by Gasteiger charge is 2.21. The maximum atomic E-state index is 12.0. The molecule has 2 aromatic heterocycles. The maximum Gasteiger partial charge on any atom is 0.358 e. The third-order valence-electron chi connectivity index (χ3n) is 3.61. The molecular formula is C16H16N2O3. The number of nitrogens with zero attached hydrogens (tertiary/aromatic N) is 2. The number of fused-ring (bicyclic) bond motifs is 3. The van der Waals surface area contributed by atoms with Crippen LogP contribution in [0.4, 0.5) is 0 Å². The standard InChI is InChI=1S/C16H16N2O3/c1-10-8-17-14(16(19)21-3)15-13(10)11-6-4-5-7-12(11)18(15)9-20-2/h4-8H,9H2,1-3H3. The van der Waals surface area contributed by atoms with E-state index in [1.54, 1.807) is 13.3 Å².